The van der Waals surface area contributed by atoms with Crippen LogP contribution in [0.25, 0.3) is 0 Å². The van der Waals surface area contributed by atoms with E-state index in [-0.39, 0.29) is 31.0 Å². The number of nitrogens with zero attached hydrogens (tertiary/aromatic N) is 1. The minimum atomic E-state index is -0.276. The number of carbonyl (C=O) groups excluding carboxylic acids is 2. The zero-order valence-corrected chi connectivity index (χ0v) is 8.32. The van der Waals surface area contributed by atoms with E-state index in [9.17, 15) is 9.59 Å². The van der Waals surface area contributed by atoms with E-state index in [0.717, 1.165) is 0 Å². The summed E-state index contributed by atoms with van der Waals surface area (Å²) >= 11 is 0. The van der Waals surface area contributed by atoms with E-state index >= 15 is 0 Å². The Labute approximate surface area is 83.1 Å². The van der Waals surface area contributed by atoms with Gasteiger partial charge in [-0.3, -0.25) is 19.8 Å². The van der Waals surface area contributed by atoms with Gasteiger partial charge in [0.05, 0.1) is 12.6 Å². The van der Waals surface area contributed by atoms with Crippen molar-refractivity contribution in [2.24, 2.45) is 0 Å². The molecule has 1 atom stereocenters. The molecule has 0 aromatic heterocycles. The fraction of sp³-hybridized carbons (Fsp3) is 0.778. The third-order valence-corrected chi connectivity index (χ3v) is 2.29. The average molecular weight is 200 g/mol. The molecule has 1 aliphatic heterocycles. The van der Waals surface area contributed by atoms with Crippen LogP contribution in [-0.2, 0) is 9.59 Å². The third kappa shape index (κ3) is 2.52. The first kappa shape index (κ1) is 11.1. The summed E-state index contributed by atoms with van der Waals surface area (Å²) in [7, 11) is 0. The fourth-order valence-electron chi connectivity index (χ4n) is 1.40. The number of hydrogen-bond acceptors (Lipinski definition) is 4. The standard InChI is InChI=1S/C9H16N2O3/c1-7-9(14)11(4-2-3-5-12)8(13)6-10-7/h7,10,12H,2-6H2,1H3. The maximum Gasteiger partial charge on any atom is 0.246 e. The second-order valence-electron chi connectivity index (χ2n) is 3.42. The molecule has 5 nitrogen and oxygen atoms in total. The number of rotatable bonds is 4. The van der Waals surface area contributed by atoms with Gasteiger partial charge in [0.25, 0.3) is 0 Å². The molecular weight excluding hydrogens is 184 g/mol. The number of carbonyl (C=O) groups is 2. The molecule has 0 spiro atoms. The number of nitrogens with one attached hydrogen (secondary N) is 1. The van der Waals surface area contributed by atoms with Crippen LogP contribution in [0.2, 0.25) is 0 Å². The molecular formula is C9H16N2O3. The van der Waals surface area contributed by atoms with Crippen molar-refractivity contribution >= 4 is 11.8 Å². The number of aliphatic hydroxyl groups is 1. The van der Waals surface area contributed by atoms with Crippen LogP contribution in [0.4, 0.5) is 0 Å². The van der Waals surface area contributed by atoms with Crippen LogP contribution in [0.3, 0.4) is 0 Å². The van der Waals surface area contributed by atoms with Gasteiger partial charge in [-0.25, -0.2) is 0 Å². The summed E-state index contributed by atoms with van der Waals surface area (Å²) in [6.45, 7) is 2.49. The lowest BCUT2D eigenvalue weighted by Crippen LogP contribution is -2.57. The molecule has 5 heteroatoms. The first-order chi connectivity index (χ1) is 6.66. The molecule has 1 fully saturated rings. The van der Waals surface area contributed by atoms with E-state index in [0.29, 0.717) is 19.4 Å². The van der Waals surface area contributed by atoms with Crippen molar-refractivity contribution in [1.29, 1.82) is 0 Å². The SMILES string of the molecule is CC1NCC(=O)N(CCCCO)C1=O. The number of amides is 2. The Balaban J connectivity index is 2.46. The van der Waals surface area contributed by atoms with Crippen molar-refractivity contribution in [3.8, 4) is 0 Å². The highest BCUT2D eigenvalue weighted by Gasteiger charge is 2.30. The maximum absolute atomic E-state index is 11.5. The summed E-state index contributed by atoms with van der Waals surface area (Å²) in [5.74, 6) is -0.342. The van der Waals surface area contributed by atoms with Crippen molar-refractivity contribution < 1.29 is 14.7 Å². The number of imide groups is 1. The van der Waals surface area contributed by atoms with Crippen molar-refractivity contribution in [3.05, 3.63) is 0 Å². The molecule has 0 aliphatic carbocycles. The Hall–Kier alpha value is -0.940. The lowest BCUT2D eigenvalue weighted by Gasteiger charge is -2.29. The first-order valence-corrected chi connectivity index (χ1v) is 4.85. The largest absolute Gasteiger partial charge is 0.396 e. The van der Waals surface area contributed by atoms with E-state index in [2.05, 4.69) is 5.32 Å². The van der Waals surface area contributed by atoms with Gasteiger partial charge in [0.1, 0.15) is 0 Å². The predicted octanol–water partition coefficient (Wildman–Crippen LogP) is -0.894. The Kier molecular flexibility index (Phi) is 4.03. The van der Waals surface area contributed by atoms with Crippen LogP contribution in [0.1, 0.15) is 19.8 Å². The van der Waals surface area contributed by atoms with Crippen LogP contribution in [-0.4, -0.2) is 47.6 Å². The monoisotopic (exact) mass is 200 g/mol. The topological polar surface area (TPSA) is 69.6 Å². The molecule has 1 aliphatic rings. The lowest BCUT2D eigenvalue weighted by atomic mass is 10.2. The highest BCUT2D eigenvalue weighted by molar-refractivity contribution is 6.00. The van der Waals surface area contributed by atoms with Gasteiger partial charge in [-0.15, -0.1) is 0 Å². The van der Waals surface area contributed by atoms with E-state index < -0.39 is 0 Å². The van der Waals surface area contributed by atoms with E-state index in [1.807, 2.05) is 0 Å². The van der Waals surface area contributed by atoms with Crippen molar-refractivity contribution in [1.82, 2.24) is 10.2 Å². The number of aliphatic hydroxyl groups excluding tert-OH is 1. The van der Waals surface area contributed by atoms with Crippen molar-refractivity contribution in [3.63, 3.8) is 0 Å². The van der Waals surface area contributed by atoms with Crippen molar-refractivity contribution in [2.45, 2.75) is 25.8 Å². The van der Waals surface area contributed by atoms with Crippen LogP contribution < -0.4 is 5.32 Å². The maximum atomic E-state index is 11.5. The number of hydrogen-bond donors (Lipinski definition) is 2. The van der Waals surface area contributed by atoms with Gasteiger partial charge in [0, 0.05) is 13.2 Å². The van der Waals surface area contributed by atoms with Gasteiger partial charge in [-0.1, -0.05) is 0 Å². The molecule has 14 heavy (non-hydrogen) atoms. The minimum absolute atomic E-state index is 0.101. The van der Waals surface area contributed by atoms with Gasteiger partial charge in [0.2, 0.25) is 11.8 Å². The summed E-state index contributed by atoms with van der Waals surface area (Å²) < 4.78 is 0. The smallest absolute Gasteiger partial charge is 0.246 e. The Morgan fingerprint density at radius 3 is 2.86 bits per heavy atom. The fourth-order valence-corrected chi connectivity index (χ4v) is 1.40. The van der Waals surface area contributed by atoms with Gasteiger partial charge >= 0.3 is 0 Å². The second-order valence-corrected chi connectivity index (χ2v) is 3.42. The zero-order valence-electron chi connectivity index (χ0n) is 8.32. The van der Waals surface area contributed by atoms with Crippen molar-refractivity contribution in [2.75, 3.05) is 19.7 Å². The molecule has 2 N–H and O–H groups in total. The highest BCUT2D eigenvalue weighted by Crippen LogP contribution is 2.04. The molecule has 0 radical (unpaired) electrons. The summed E-state index contributed by atoms with van der Waals surface area (Å²) in [5, 5.41) is 11.4. The number of unbranched alkanes of at least 4 members (excludes halogenated alkanes) is 1. The van der Waals surface area contributed by atoms with Gasteiger partial charge in [0.15, 0.2) is 0 Å². The summed E-state index contributed by atoms with van der Waals surface area (Å²) in [4.78, 5) is 24.1. The zero-order chi connectivity index (χ0) is 10.6. The molecule has 0 aromatic rings. The average Bonchev–Trinajstić information content (AvgIpc) is 2.18. The minimum Gasteiger partial charge on any atom is -0.396 e. The van der Waals surface area contributed by atoms with Gasteiger partial charge in [-0.2, -0.15) is 0 Å². The molecule has 0 saturated carbocycles. The van der Waals surface area contributed by atoms with Crippen LogP contribution in [0.5, 0.6) is 0 Å². The second kappa shape index (κ2) is 5.07. The third-order valence-electron chi connectivity index (χ3n) is 2.29. The van der Waals surface area contributed by atoms with E-state index in [4.69, 9.17) is 5.11 Å². The normalized spacial score (nSPS) is 23.0. The summed E-state index contributed by atoms with van der Waals surface area (Å²) in [5.41, 5.74) is 0. The Bertz CT molecular complexity index is 230. The molecule has 1 heterocycles. The predicted molar refractivity (Wildman–Crippen MR) is 50.5 cm³/mol. The summed E-state index contributed by atoms with van der Waals surface area (Å²) in [6.07, 6.45) is 1.29. The molecule has 0 aromatic carbocycles. The molecule has 0 bridgehead atoms. The van der Waals surface area contributed by atoms with Crippen LogP contribution in [0, 0.1) is 0 Å². The van der Waals surface area contributed by atoms with Crippen LogP contribution in [0.15, 0.2) is 0 Å². The summed E-state index contributed by atoms with van der Waals surface area (Å²) in [6, 6.07) is -0.276. The number of piperazine rings is 1. The molecule has 1 unspecified atom stereocenters. The molecule has 80 valence electrons. The lowest BCUT2D eigenvalue weighted by molar-refractivity contribution is -0.148. The van der Waals surface area contributed by atoms with Crippen LogP contribution >= 0.6 is 0 Å². The van der Waals surface area contributed by atoms with Gasteiger partial charge < -0.3 is 5.11 Å². The molecule has 2 amide bonds. The molecule has 1 saturated heterocycles. The molecule has 1 rings (SSSR count). The highest BCUT2D eigenvalue weighted by atomic mass is 16.3. The Morgan fingerprint density at radius 1 is 1.50 bits per heavy atom. The quantitative estimate of drug-likeness (QED) is 0.456. The Morgan fingerprint density at radius 2 is 2.21 bits per heavy atom. The van der Waals surface area contributed by atoms with Gasteiger partial charge in [-0.05, 0) is 19.8 Å². The first-order valence-electron chi connectivity index (χ1n) is 4.85. The van der Waals surface area contributed by atoms with E-state index in [1.165, 1.54) is 4.90 Å². The van der Waals surface area contributed by atoms with E-state index in [1.54, 1.807) is 6.92 Å².